The van der Waals surface area contributed by atoms with Crippen molar-refractivity contribution in [3.05, 3.63) is 64.2 Å². The highest BCUT2D eigenvalue weighted by molar-refractivity contribution is 7.98. The van der Waals surface area contributed by atoms with Crippen LogP contribution in [0.3, 0.4) is 0 Å². The third-order valence-electron chi connectivity index (χ3n) is 2.58. The maximum absolute atomic E-state index is 13.5. The molecule has 6 heteroatoms. The Bertz CT molecular complexity index is 662. The van der Waals surface area contributed by atoms with Crippen LogP contribution in [0, 0.1) is 11.6 Å². The minimum absolute atomic E-state index is 0.0942. The van der Waals surface area contributed by atoms with Crippen molar-refractivity contribution in [1.82, 2.24) is 0 Å². The number of carbonyl (C=O) groups is 1. The standard InChI is InChI=1S/C14H9ClF2O2S/c15-11-5-8(14(18)19)1-2-9(11)7-20-13-4-3-10(16)6-12(13)17/h1-6H,7H2,(H,18,19). The van der Waals surface area contributed by atoms with Gasteiger partial charge < -0.3 is 5.11 Å². The van der Waals surface area contributed by atoms with Crippen LogP contribution in [0.25, 0.3) is 0 Å². The van der Waals surface area contributed by atoms with E-state index < -0.39 is 17.6 Å². The van der Waals surface area contributed by atoms with Gasteiger partial charge in [0, 0.05) is 21.7 Å². The van der Waals surface area contributed by atoms with Crippen LogP contribution in [0.5, 0.6) is 0 Å². The molecule has 1 N–H and O–H groups in total. The summed E-state index contributed by atoms with van der Waals surface area (Å²) < 4.78 is 26.2. The average Bonchev–Trinajstić information content (AvgIpc) is 2.38. The number of hydrogen-bond donors (Lipinski definition) is 1. The van der Waals surface area contributed by atoms with E-state index in [4.69, 9.17) is 16.7 Å². The van der Waals surface area contributed by atoms with Crippen LogP contribution >= 0.6 is 23.4 Å². The Morgan fingerprint density at radius 1 is 1.20 bits per heavy atom. The van der Waals surface area contributed by atoms with Crippen molar-refractivity contribution in [3.8, 4) is 0 Å². The summed E-state index contributed by atoms with van der Waals surface area (Å²) in [6, 6.07) is 7.72. The summed E-state index contributed by atoms with van der Waals surface area (Å²) in [6.07, 6.45) is 0. The summed E-state index contributed by atoms with van der Waals surface area (Å²) in [5.74, 6) is -1.96. The number of thioether (sulfide) groups is 1. The fourth-order valence-corrected chi connectivity index (χ4v) is 2.80. The Kier molecular flexibility index (Phi) is 4.62. The van der Waals surface area contributed by atoms with Crippen LogP contribution in [0.4, 0.5) is 8.78 Å². The lowest BCUT2D eigenvalue weighted by Gasteiger charge is -2.06. The van der Waals surface area contributed by atoms with Crippen molar-refractivity contribution in [2.45, 2.75) is 10.6 Å². The normalized spacial score (nSPS) is 10.6. The van der Waals surface area contributed by atoms with Crippen molar-refractivity contribution >= 4 is 29.3 Å². The smallest absolute Gasteiger partial charge is 0.335 e. The van der Waals surface area contributed by atoms with Gasteiger partial charge in [-0.1, -0.05) is 17.7 Å². The molecule has 0 heterocycles. The molecule has 104 valence electrons. The van der Waals surface area contributed by atoms with E-state index in [0.717, 1.165) is 17.8 Å². The zero-order valence-corrected chi connectivity index (χ0v) is 11.6. The summed E-state index contributed by atoms with van der Waals surface area (Å²) in [4.78, 5) is 11.1. The van der Waals surface area contributed by atoms with Crippen molar-refractivity contribution in [1.29, 1.82) is 0 Å². The second kappa shape index (κ2) is 6.24. The molecule has 0 atom stereocenters. The zero-order chi connectivity index (χ0) is 14.7. The van der Waals surface area contributed by atoms with E-state index in [1.54, 1.807) is 6.07 Å². The maximum Gasteiger partial charge on any atom is 0.335 e. The highest BCUT2D eigenvalue weighted by atomic mass is 35.5. The van der Waals surface area contributed by atoms with Gasteiger partial charge in [0.25, 0.3) is 0 Å². The Hall–Kier alpha value is -1.59. The highest BCUT2D eigenvalue weighted by Gasteiger charge is 2.09. The predicted octanol–water partition coefficient (Wildman–Crippen LogP) is 4.61. The predicted molar refractivity (Wildman–Crippen MR) is 74.3 cm³/mol. The molecule has 20 heavy (non-hydrogen) atoms. The molecule has 0 aliphatic rings. The van der Waals surface area contributed by atoms with Crippen molar-refractivity contribution in [3.63, 3.8) is 0 Å². The second-order valence-electron chi connectivity index (χ2n) is 3.97. The maximum atomic E-state index is 13.5. The molecular weight excluding hydrogens is 306 g/mol. The van der Waals surface area contributed by atoms with E-state index >= 15 is 0 Å². The van der Waals surface area contributed by atoms with Crippen LogP contribution in [0.15, 0.2) is 41.3 Å². The lowest BCUT2D eigenvalue weighted by Crippen LogP contribution is -1.96. The molecular formula is C14H9ClF2O2S. The van der Waals surface area contributed by atoms with E-state index in [-0.39, 0.29) is 5.56 Å². The van der Waals surface area contributed by atoms with E-state index in [9.17, 15) is 13.6 Å². The van der Waals surface area contributed by atoms with Gasteiger partial charge in [0.1, 0.15) is 11.6 Å². The van der Waals surface area contributed by atoms with Gasteiger partial charge in [0.2, 0.25) is 0 Å². The van der Waals surface area contributed by atoms with E-state index in [0.29, 0.717) is 21.2 Å². The van der Waals surface area contributed by atoms with E-state index in [1.165, 1.54) is 24.3 Å². The van der Waals surface area contributed by atoms with Gasteiger partial charge in [0.05, 0.1) is 5.56 Å². The third kappa shape index (κ3) is 3.49. The molecule has 2 nitrogen and oxygen atoms in total. The fourth-order valence-electron chi connectivity index (χ4n) is 1.55. The molecule has 2 aromatic carbocycles. The zero-order valence-electron chi connectivity index (χ0n) is 10.1. The third-order valence-corrected chi connectivity index (χ3v) is 4.03. The Morgan fingerprint density at radius 3 is 2.55 bits per heavy atom. The highest BCUT2D eigenvalue weighted by Crippen LogP contribution is 2.29. The van der Waals surface area contributed by atoms with E-state index in [2.05, 4.69) is 0 Å². The minimum atomic E-state index is -1.06. The van der Waals surface area contributed by atoms with Crippen molar-refractivity contribution in [2.24, 2.45) is 0 Å². The Labute approximate surface area is 123 Å². The van der Waals surface area contributed by atoms with Gasteiger partial charge >= 0.3 is 5.97 Å². The molecule has 0 saturated carbocycles. The lowest BCUT2D eigenvalue weighted by atomic mass is 10.1. The topological polar surface area (TPSA) is 37.3 Å². The summed E-state index contributed by atoms with van der Waals surface area (Å²) in [5, 5.41) is 9.13. The van der Waals surface area contributed by atoms with Gasteiger partial charge in [-0.3, -0.25) is 0 Å². The molecule has 0 saturated heterocycles. The summed E-state index contributed by atoms with van der Waals surface area (Å²) >= 11 is 7.14. The van der Waals surface area contributed by atoms with Crippen LogP contribution in [0.2, 0.25) is 5.02 Å². The summed E-state index contributed by atoms with van der Waals surface area (Å²) in [7, 11) is 0. The average molecular weight is 315 g/mol. The molecule has 0 bridgehead atoms. The molecule has 2 rings (SSSR count). The molecule has 0 spiro atoms. The Balaban J connectivity index is 2.13. The van der Waals surface area contributed by atoms with Crippen LogP contribution in [0.1, 0.15) is 15.9 Å². The van der Waals surface area contributed by atoms with Crippen molar-refractivity contribution < 1.29 is 18.7 Å². The van der Waals surface area contributed by atoms with Gasteiger partial charge in [-0.05, 0) is 29.8 Å². The monoisotopic (exact) mass is 314 g/mol. The number of rotatable bonds is 4. The van der Waals surface area contributed by atoms with Gasteiger partial charge in [-0.2, -0.15) is 0 Å². The first-order chi connectivity index (χ1) is 9.47. The molecule has 0 fully saturated rings. The number of carboxylic acid groups (broad SMARTS) is 1. The van der Waals surface area contributed by atoms with Gasteiger partial charge in [-0.25, -0.2) is 13.6 Å². The van der Waals surface area contributed by atoms with E-state index in [1.807, 2.05) is 0 Å². The first kappa shape index (κ1) is 14.8. The second-order valence-corrected chi connectivity index (χ2v) is 5.40. The molecule has 0 aliphatic heterocycles. The van der Waals surface area contributed by atoms with Crippen LogP contribution in [-0.4, -0.2) is 11.1 Å². The van der Waals surface area contributed by atoms with Crippen LogP contribution < -0.4 is 0 Å². The molecule has 2 aromatic rings. The SMILES string of the molecule is O=C(O)c1ccc(CSc2ccc(F)cc2F)c(Cl)c1. The largest absolute Gasteiger partial charge is 0.478 e. The molecule has 0 radical (unpaired) electrons. The van der Waals surface area contributed by atoms with Gasteiger partial charge in [0.15, 0.2) is 0 Å². The summed E-state index contributed by atoms with van der Waals surface area (Å²) in [5.41, 5.74) is 0.780. The number of halogens is 3. The number of carboxylic acids is 1. The first-order valence-electron chi connectivity index (χ1n) is 5.57. The van der Waals surface area contributed by atoms with Crippen molar-refractivity contribution in [2.75, 3.05) is 0 Å². The molecule has 0 unspecified atom stereocenters. The minimum Gasteiger partial charge on any atom is -0.478 e. The molecule has 0 aromatic heterocycles. The molecule has 0 aliphatic carbocycles. The number of benzene rings is 2. The fraction of sp³-hybridized carbons (Fsp3) is 0.0714. The number of hydrogen-bond acceptors (Lipinski definition) is 2. The quantitative estimate of drug-likeness (QED) is 0.837. The lowest BCUT2D eigenvalue weighted by molar-refractivity contribution is 0.0697. The summed E-state index contributed by atoms with van der Waals surface area (Å²) in [6.45, 7) is 0. The first-order valence-corrected chi connectivity index (χ1v) is 6.93. The van der Waals surface area contributed by atoms with Gasteiger partial charge in [-0.15, -0.1) is 11.8 Å². The molecule has 0 amide bonds. The van der Waals surface area contributed by atoms with Crippen LogP contribution in [-0.2, 0) is 5.75 Å². The Morgan fingerprint density at radius 2 is 1.95 bits per heavy atom. The number of aromatic carboxylic acids is 1.